The van der Waals surface area contributed by atoms with Crippen molar-refractivity contribution < 1.29 is 9.59 Å². The fraction of sp³-hybridized carbons (Fsp3) is 0.583. The van der Waals surface area contributed by atoms with E-state index in [0.29, 0.717) is 23.3 Å². The molecule has 3 N–H and O–H groups in total. The van der Waals surface area contributed by atoms with Crippen molar-refractivity contribution in [1.82, 2.24) is 4.98 Å². The molecule has 5 nitrogen and oxygen atoms in total. The summed E-state index contributed by atoms with van der Waals surface area (Å²) in [5.74, 6) is -0.0389. The van der Waals surface area contributed by atoms with Crippen LogP contribution < -0.4 is 11.1 Å². The highest BCUT2D eigenvalue weighted by molar-refractivity contribution is 7.14. The summed E-state index contributed by atoms with van der Waals surface area (Å²) < 4.78 is 0. The van der Waals surface area contributed by atoms with Crippen LogP contribution in [0.4, 0.5) is 5.13 Å². The van der Waals surface area contributed by atoms with E-state index >= 15 is 0 Å². The molecule has 0 aliphatic heterocycles. The minimum absolute atomic E-state index is 0.107. The van der Waals surface area contributed by atoms with Gasteiger partial charge in [0.15, 0.2) is 10.9 Å². The third kappa shape index (κ3) is 4.19. The fourth-order valence-electron chi connectivity index (χ4n) is 1.58. The van der Waals surface area contributed by atoms with E-state index in [4.69, 9.17) is 5.73 Å². The van der Waals surface area contributed by atoms with Crippen LogP contribution in [0.1, 0.15) is 37.7 Å². The smallest absolute Gasteiger partial charge is 0.230 e. The number of amides is 1. The number of Topliss-reactive ketones (excluding diaryl/α,β-unsaturated/α-hetero) is 1. The van der Waals surface area contributed by atoms with Gasteiger partial charge in [0.2, 0.25) is 5.91 Å². The van der Waals surface area contributed by atoms with Crippen molar-refractivity contribution in [3.8, 4) is 0 Å². The van der Waals surface area contributed by atoms with Crippen molar-refractivity contribution in [2.45, 2.75) is 27.2 Å². The van der Waals surface area contributed by atoms with E-state index in [1.165, 1.54) is 18.3 Å². The first-order valence-corrected chi connectivity index (χ1v) is 6.79. The monoisotopic (exact) mass is 269 g/mol. The van der Waals surface area contributed by atoms with Gasteiger partial charge >= 0.3 is 0 Å². The van der Waals surface area contributed by atoms with Crippen molar-refractivity contribution in [3.05, 3.63) is 11.1 Å². The topological polar surface area (TPSA) is 85.1 Å². The Hall–Kier alpha value is -1.27. The third-order valence-electron chi connectivity index (χ3n) is 2.51. The maximum atomic E-state index is 11.9. The Morgan fingerprint density at radius 3 is 2.61 bits per heavy atom. The average molecular weight is 269 g/mol. The first-order chi connectivity index (χ1) is 8.43. The van der Waals surface area contributed by atoms with Gasteiger partial charge in [0.1, 0.15) is 5.69 Å². The minimum Gasteiger partial charge on any atom is -0.330 e. The van der Waals surface area contributed by atoms with E-state index in [1.807, 2.05) is 13.8 Å². The van der Waals surface area contributed by atoms with Crippen LogP contribution in [0.2, 0.25) is 0 Å². The summed E-state index contributed by atoms with van der Waals surface area (Å²) >= 11 is 1.25. The molecule has 1 aromatic rings. The second-order valence-electron chi connectivity index (χ2n) is 4.65. The zero-order chi connectivity index (χ0) is 13.7. The molecule has 0 bridgehead atoms. The highest BCUT2D eigenvalue weighted by atomic mass is 32.1. The molecule has 0 saturated heterocycles. The number of anilines is 1. The van der Waals surface area contributed by atoms with Crippen molar-refractivity contribution in [2.24, 2.45) is 17.6 Å². The van der Waals surface area contributed by atoms with Crippen molar-refractivity contribution in [1.29, 1.82) is 0 Å². The maximum absolute atomic E-state index is 11.9. The van der Waals surface area contributed by atoms with Gasteiger partial charge in [-0.05, 0) is 12.3 Å². The molecule has 0 aromatic carbocycles. The predicted molar refractivity (Wildman–Crippen MR) is 72.7 cm³/mol. The Bertz CT molecular complexity index is 429. The largest absolute Gasteiger partial charge is 0.330 e. The predicted octanol–water partition coefficient (Wildman–Crippen LogP) is 1.91. The van der Waals surface area contributed by atoms with E-state index in [9.17, 15) is 9.59 Å². The van der Waals surface area contributed by atoms with E-state index in [0.717, 1.165) is 6.42 Å². The molecule has 0 radical (unpaired) electrons. The second-order valence-corrected chi connectivity index (χ2v) is 5.50. The number of hydrogen-bond donors (Lipinski definition) is 2. The third-order valence-corrected chi connectivity index (χ3v) is 3.26. The molecule has 1 rings (SSSR count). The molecule has 1 aromatic heterocycles. The molecular weight excluding hydrogens is 250 g/mol. The van der Waals surface area contributed by atoms with E-state index < -0.39 is 0 Å². The molecule has 0 fully saturated rings. The Labute approximate surface area is 111 Å². The number of nitrogens with one attached hydrogen (secondary N) is 1. The van der Waals surface area contributed by atoms with Crippen molar-refractivity contribution in [2.75, 3.05) is 11.9 Å². The molecular formula is C12H19N3O2S. The Kier molecular flexibility index (Phi) is 5.43. The Balaban J connectivity index is 2.64. The van der Waals surface area contributed by atoms with Crippen LogP contribution in [-0.4, -0.2) is 23.2 Å². The van der Waals surface area contributed by atoms with Crippen molar-refractivity contribution >= 4 is 28.2 Å². The van der Waals surface area contributed by atoms with Crippen molar-refractivity contribution in [3.63, 3.8) is 0 Å². The number of ketones is 1. The summed E-state index contributed by atoms with van der Waals surface area (Å²) in [5.41, 5.74) is 5.98. The summed E-state index contributed by atoms with van der Waals surface area (Å²) in [6.45, 7) is 5.86. The first-order valence-electron chi connectivity index (χ1n) is 5.91. The molecule has 0 saturated carbocycles. The SMILES string of the molecule is CC(=O)c1csc(NC(=O)C(CN)CC(C)C)n1. The molecule has 1 unspecified atom stereocenters. The molecule has 1 amide bonds. The molecule has 1 atom stereocenters. The lowest BCUT2D eigenvalue weighted by Gasteiger charge is -2.15. The van der Waals surface area contributed by atoms with E-state index in [2.05, 4.69) is 10.3 Å². The van der Waals surface area contributed by atoms with E-state index in [1.54, 1.807) is 5.38 Å². The second kappa shape index (κ2) is 6.61. The van der Waals surface area contributed by atoms with Gasteiger partial charge in [-0.25, -0.2) is 4.98 Å². The molecule has 0 aliphatic rings. The number of carbonyl (C=O) groups excluding carboxylic acids is 2. The van der Waals surface area contributed by atoms with Crippen LogP contribution >= 0.6 is 11.3 Å². The molecule has 1 heterocycles. The van der Waals surface area contributed by atoms with Crippen LogP contribution in [0, 0.1) is 11.8 Å². The molecule has 0 aliphatic carbocycles. The normalized spacial score (nSPS) is 12.5. The summed E-state index contributed by atoms with van der Waals surface area (Å²) in [5, 5.41) is 4.80. The lowest BCUT2D eigenvalue weighted by atomic mass is 9.96. The van der Waals surface area contributed by atoms with Gasteiger partial charge in [0.25, 0.3) is 0 Å². The van der Waals surface area contributed by atoms with Gasteiger partial charge in [-0.2, -0.15) is 0 Å². The van der Waals surface area contributed by atoms with Crippen LogP contribution in [-0.2, 0) is 4.79 Å². The molecule has 100 valence electrons. The first kappa shape index (κ1) is 14.8. The molecule has 6 heteroatoms. The fourth-order valence-corrected chi connectivity index (χ4v) is 2.33. The number of hydrogen-bond acceptors (Lipinski definition) is 5. The van der Waals surface area contributed by atoms with Gasteiger partial charge < -0.3 is 11.1 Å². The lowest BCUT2D eigenvalue weighted by molar-refractivity contribution is -0.120. The van der Waals surface area contributed by atoms with Gasteiger partial charge in [0, 0.05) is 18.8 Å². The Morgan fingerprint density at radius 1 is 1.50 bits per heavy atom. The lowest BCUT2D eigenvalue weighted by Crippen LogP contribution is -2.30. The van der Waals surface area contributed by atoms with E-state index in [-0.39, 0.29) is 17.6 Å². The number of nitrogens with zero attached hydrogens (tertiary/aromatic N) is 1. The zero-order valence-electron chi connectivity index (χ0n) is 10.9. The summed E-state index contributed by atoms with van der Waals surface area (Å²) in [7, 11) is 0. The Morgan fingerprint density at radius 2 is 2.17 bits per heavy atom. The highest BCUT2D eigenvalue weighted by Gasteiger charge is 2.19. The average Bonchev–Trinajstić information content (AvgIpc) is 2.74. The summed E-state index contributed by atoms with van der Waals surface area (Å²) in [6.07, 6.45) is 0.743. The van der Waals surface area contributed by atoms with Gasteiger partial charge in [-0.3, -0.25) is 9.59 Å². The molecule has 0 spiro atoms. The number of carbonyl (C=O) groups is 2. The van der Waals surface area contributed by atoms with Crippen LogP contribution in [0.25, 0.3) is 0 Å². The number of rotatable bonds is 6. The summed E-state index contributed by atoms with van der Waals surface area (Å²) in [6, 6.07) is 0. The quantitative estimate of drug-likeness (QED) is 0.772. The standard InChI is InChI=1S/C12H19N3O2S/c1-7(2)4-9(5-13)11(17)15-12-14-10(6-18-12)8(3)16/h6-7,9H,4-5,13H2,1-3H3,(H,14,15,17). The number of nitrogens with two attached hydrogens (primary N) is 1. The zero-order valence-corrected chi connectivity index (χ0v) is 11.7. The number of thiazole rings is 1. The minimum atomic E-state index is -0.213. The molecule has 18 heavy (non-hydrogen) atoms. The van der Waals surface area contributed by atoms with Gasteiger partial charge in [0.05, 0.1) is 5.92 Å². The van der Waals surface area contributed by atoms with Crippen LogP contribution in [0.3, 0.4) is 0 Å². The van der Waals surface area contributed by atoms with Gasteiger partial charge in [-0.15, -0.1) is 11.3 Å². The summed E-state index contributed by atoms with van der Waals surface area (Å²) in [4.78, 5) is 27.1. The van der Waals surface area contributed by atoms with Crippen LogP contribution in [0.5, 0.6) is 0 Å². The maximum Gasteiger partial charge on any atom is 0.230 e. The highest BCUT2D eigenvalue weighted by Crippen LogP contribution is 2.18. The van der Waals surface area contributed by atoms with Crippen LogP contribution in [0.15, 0.2) is 5.38 Å². The number of aromatic nitrogens is 1. The van der Waals surface area contributed by atoms with Gasteiger partial charge in [-0.1, -0.05) is 13.8 Å².